The molecule has 6 nitrogen and oxygen atoms in total. The maximum absolute atomic E-state index is 5.57. The zero-order chi connectivity index (χ0) is 17.1. The number of anilines is 1. The topological polar surface area (TPSA) is 56.7 Å². The molecule has 2 heterocycles. The molecule has 0 N–H and O–H groups in total. The second kappa shape index (κ2) is 7.11. The van der Waals surface area contributed by atoms with Crippen molar-refractivity contribution in [2.45, 2.75) is 38.6 Å². The molecule has 0 radical (unpaired) electrons. The molecule has 1 aliphatic rings. The van der Waals surface area contributed by atoms with Crippen LogP contribution < -0.4 is 19.1 Å². The first-order valence-corrected chi connectivity index (χ1v) is 8.45. The van der Waals surface area contributed by atoms with Crippen LogP contribution in [-0.2, 0) is 0 Å². The summed E-state index contributed by atoms with van der Waals surface area (Å²) in [5.41, 5.74) is 0.751. The van der Waals surface area contributed by atoms with Gasteiger partial charge in [-0.25, -0.2) is 9.97 Å². The normalized spacial score (nSPS) is 17.8. The lowest BCUT2D eigenvalue weighted by Crippen LogP contribution is -2.39. The molecule has 1 unspecified atom stereocenters. The van der Waals surface area contributed by atoms with E-state index in [9.17, 15) is 0 Å². The van der Waals surface area contributed by atoms with Gasteiger partial charge in [0.25, 0.3) is 0 Å². The van der Waals surface area contributed by atoms with E-state index in [2.05, 4.69) is 21.8 Å². The highest BCUT2D eigenvalue weighted by Crippen LogP contribution is 2.44. The van der Waals surface area contributed by atoms with Gasteiger partial charge in [-0.1, -0.05) is 6.92 Å². The highest BCUT2D eigenvalue weighted by atomic mass is 16.5. The third-order valence-electron chi connectivity index (χ3n) is 4.78. The monoisotopic (exact) mass is 331 g/mol. The maximum atomic E-state index is 5.57. The third kappa shape index (κ3) is 2.70. The van der Waals surface area contributed by atoms with Crippen LogP contribution in [0, 0.1) is 0 Å². The summed E-state index contributed by atoms with van der Waals surface area (Å²) in [5, 5.41) is 0.937. The molecule has 1 aromatic carbocycles. The molecule has 1 aromatic heterocycles. The van der Waals surface area contributed by atoms with Crippen LogP contribution in [0.3, 0.4) is 0 Å². The molecule has 0 aliphatic carbocycles. The lowest BCUT2D eigenvalue weighted by atomic mass is 9.99. The Morgan fingerprint density at radius 3 is 2.54 bits per heavy atom. The van der Waals surface area contributed by atoms with E-state index in [1.165, 1.54) is 19.3 Å². The van der Waals surface area contributed by atoms with Gasteiger partial charge < -0.3 is 19.1 Å². The van der Waals surface area contributed by atoms with Crippen LogP contribution in [0.5, 0.6) is 17.2 Å². The van der Waals surface area contributed by atoms with E-state index in [1.807, 2.05) is 6.07 Å². The van der Waals surface area contributed by atoms with Crippen LogP contribution in [0.1, 0.15) is 32.6 Å². The van der Waals surface area contributed by atoms with E-state index in [4.69, 9.17) is 14.2 Å². The van der Waals surface area contributed by atoms with Gasteiger partial charge in [0.2, 0.25) is 5.75 Å². The lowest BCUT2D eigenvalue weighted by Gasteiger charge is -2.36. The summed E-state index contributed by atoms with van der Waals surface area (Å²) in [4.78, 5) is 11.4. The van der Waals surface area contributed by atoms with Crippen molar-refractivity contribution >= 4 is 16.7 Å². The fourth-order valence-corrected chi connectivity index (χ4v) is 3.58. The number of hydrogen-bond donors (Lipinski definition) is 0. The van der Waals surface area contributed by atoms with E-state index in [0.29, 0.717) is 23.3 Å². The van der Waals surface area contributed by atoms with Crippen molar-refractivity contribution in [2.24, 2.45) is 0 Å². The maximum Gasteiger partial charge on any atom is 0.205 e. The predicted octanol–water partition coefficient (Wildman–Crippen LogP) is 3.42. The number of methoxy groups -OCH3 is 3. The molecule has 2 aromatic rings. The predicted molar refractivity (Wildman–Crippen MR) is 94.5 cm³/mol. The molecular formula is C18H25N3O3. The van der Waals surface area contributed by atoms with Crippen LogP contribution in [0.2, 0.25) is 0 Å². The number of ether oxygens (including phenoxy) is 3. The molecule has 0 bridgehead atoms. The Labute approximate surface area is 142 Å². The van der Waals surface area contributed by atoms with Gasteiger partial charge in [0.1, 0.15) is 17.7 Å². The van der Waals surface area contributed by atoms with Crippen molar-refractivity contribution in [3.8, 4) is 17.2 Å². The summed E-state index contributed by atoms with van der Waals surface area (Å²) in [7, 11) is 4.85. The number of nitrogens with zero attached hydrogens (tertiary/aromatic N) is 3. The van der Waals surface area contributed by atoms with Crippen LogP contribution in [0.25, 0.3) is 10.9 Å². The number of fused-ring (bicyclic) bond motifs is 1. The molecule has 1 atom stereocenters. The van der Waals surface area contributed by atoms with Crippen molar-refractivity contribution in [1.82, 2.24) is 9.97 Å². The molecule has 0 spiro atoms. The summed E-state index contributed by atoms with van der Waals surface area (Å²) < 4.78 is 16.5. The van der Waals surface area contributed by atoms with E-state index >= 15 is 0 Å². The fourth-order valence-electron chi connectivity index (χ4n) is 3.58. The van der Waals surface area contributed by atoms with E-state index in [0.717, 1.165) is 29.7 Å². The van der Waals surface area contributed by atoms with Gasteiger partial charge in [-0.05, 0) is 31.7 Å². The van der Waals surface area contributed by atoms with Crippen LogP contribution >= 0.6 is 0 Å². The smallest absolute Gasteiger partial charge is 0.205 e. The molecule has 130 valence electrons. The van der Waals surface area contributed by atoms with Gasteiger partial charge >= 0.3 is 0 Å². The standard InChI is InChI=1S/C18H25N3O3/c1-5-12-8-6-7-9-21(12)18-13-10-14(22-2)16(23-3)17(24-4)15(13)19-11-20-18/h10-12H,5-9H2,1-4H3. The van der Waals surface area contributed by atoms with Gasteiger partial charge in [0.05, 0.1) is 26.7 Å². The minimum atomic E-state index is 0.510. The average molecular weight is 331 g/mol. The molecule has 24 heavy (non-hydrogen) atoms. The Morgan fingerprint density at radius 2 is 1.88 bits per heavy atom. The minimum Gasteiger partial charge on any atom is -0.493 e. The first-order chi connectivity index (χ1) is 11.7. The Kier molecular flexibility index (Phi) is 4.92. The van der Waals surface area contributed by atoms with Gasteiger partial charge in [0, 0.05) is 12.6 Å². The fraction of sp³-hybridized carbons (Fsp3) is 0.556. The SMILES string of the molecule is CCC1CCCCN1c1ncnc2c(OC)c(OC)c(OC)cc12. The summed E-state index contributed by atoms with van der Waals surface area (Å²) in [6, 6.07) is 2.46. The summed E-state index contributed by atoms with van der Waals surface area (Å²) in [6.07, 6.45) is 6.38. The van der Waals surface area contributed by atoms with Crippen molar-refractivity contribution < 1.29 is 14.2 Å². The van der Waals surface area contributed by atoms with Crippen LogP contribution in [0.15, 0.2) is 12.4 Å². The quantitative estimate of drug-likeness (QED) is 0.837. The van der Waals surface area contributed by atoms with Gasteiger partial charge in [-0.2, -0.15) is 0 Å². The number of piperidine rings is 1. The Hall–Kier alpha value is -2.24. The van der Waals surface area contributed by atoms with E-state index in [1.54, 1.807) is 27.7 Å². The molecule has 0 amide bonds. The van der Waals surface area contributed by atoms with Crippen molar-refractivity contribution in [2.75, 3.05) is 32.8 Å². The first-order valence-electron chi connectivity index (χ1n) is 8.45. The summed E-state index contributed by atoms with van der Waals surface area (Å²) >= 11 is 0. The highest BCUT2D eigenvalue weighted by molar-refractivity contribution is 5.97. The zero-order valence-electron chi connectivity index (χ0n) is 14.8. The lowest BCUT2D eigenvalue weighted by molar-refractivity contribution is 0.327. The van der Waals surface area contributed by atoms with Gasteiger partial charge in [-0.15, -0.1) is 0 Å². The summed E-state index contributed by atoms with van der Waals surface area (Å²) in [6.45, 7) is 3.25. The number of aromatic nitrogens is 2. The van der Waals surface area contributed by atoms with E-state index < -0.39 is 0 Å². The second-order valence-corrected chi connectivity index (χ2v) is 5.99. The second-order valence-electron chi connectivity index (χ2n) is 5.99. The average Bonchev–Trinajstić information content (AvgIpc) is 2.65. The highest BCUT2D eigenvalue weighted by Gasteiger charge is 2.26. The molecule has 6 heteroatoms. The third-order valence-corrected chi connectivity index (χ3v) is 4.78. The number of hydrogen-bond acceptors (Lipinski definition) is 6. The molecule has 3 rings (SSSR count). The van der Waals surface area contributed by atoms with Crippen LogP contribution in [-0.4, -0.2) is 43.9 Å². The van der Waals surface area contributed by atoms with Crippen molar-refractivity contribution in [3.05, 3.63) is 12.4 Å². The molecule has 0 saturated carbocycles. The Morgan fingerprint density at radius 1 is 1.08 bits per heavy atom. The Bertz CT molecular complexity index is 720. The first kappa shape index (κ1) is 16.6. The summed E-state index contributed by atoms with van der Waals surface area (Å²) in [5.74, 6) is 2.72. The van der Waals surface area contributed by atoms with Crippen LogP contribution in [0.4, 0.5) is 5.82 Å². The largest absolute Gasteiger partial charge is 0.493 e. The zero-order valence-corrected chi connectivity index (χ0v) is 14.8. The van der Waals surface area contributed by atoms with Gasteiger partial charge in [-0.3, -0.25) is 0 Å². The molecule has 1 fully saturated rings. The number of rotatable bonds is 5. The Balaban J connectivity index is 2.22. The van der Waals surface area contributed by atoms with E-state index in [-0.39, 0.29) is 0 Å². The molecule has 1 aliphatic heterocycles. The molecule has 1 saturated heterocycles. The van der Waals surface area contributed by atoms with Crippen molar-refractivity contribution in [1.29, 1.82) is 0 Å². The minimum absolute atomic E-state index is 0.510. The van der Waals surface area contributed by atoms with Crippen molar-refractivity contribution in [3.63, 3.8) is 0 Å². The molecular weight excluding hydrogens is 306 g/mol. The number of benzene rings is 1. The van der Waals surface area contributed by atoms with Gasteiger partial charge in [0.15, 0.2) is 11.5 Å².